The minimum atomic E-state index is 0.0328. The molecule has 0 unspecified atom stereocenters. The van der Waals surface area contributed by atoms with Crippen molar-refractivity contribution >= 4 is 0 Å². The molecule has 2 rings (SSSR count). The predicted octanol–water partition coefficient (Wildman–Crippen LogP) is 1.85. The molecule has 0 saturated heterocycles. The van der Waals surface area contributed by atoms with Crippen molar-refractivity contribution in [3.63, 3.8) is 0 Å². The van der Waals surface area contributed by atoms with Gasteiger partial charge in [0.2, 0.25) is 0 Å². The first-order chi connectivity index (χ1) is 5.26. The van der Waals surface area contributed by atoms with Crippen molar-refractivity contribution in [2.45, 2.75) is 32.1 Å². The molecule has 11 heavy (non-hydrogen) atoms. The second-order valence-corrected chi connectivity index (χ2v) is 4.29. The van der Waals surface area contributed by atoms with Gasteiger partial charge in [-0.25, -0.2) is 0 Å². The van der Waals surface area contributed by atoms with Gasteiger partial charge in [0.1, 0.15) is 0 Å². The van der Waals surface area contributed by atoms with Crippen molar-refractivity contribution in [1.82, 2.24) is 0 Å². The van der Waals surface area contributed by atoms with Crippen LogP contribution >= 0.6 is 0 Å². The third kappa shape index (κ3) is 1.01. The third-order valence-electron chi connectivity index (χ3n) is 3.67. The zero-order chi connectivity index (χ0) is 7.90. The highest BCUT2D eigenvalue weighted by Gasteiger charge is 2.49. The van der Waals surface area contributed by atoms with E-state index in [9.17, 15) is 0 Å². The first kappa shape index (κ1) is 7.60. The maximum absolute atomic E-state index is 6.13. The highest BCUT2D eigenvalue weighted by molar-refractivity contribution is 5.04. The number of hydrogen-bond acceptors (Lipinski definition) is 1. The summed E-state index contributed by atoms with van der Waals surface area (Å²) in [5.41, 5.74) is 5.68. The highest BCUT2D eigenvalue weighted by Crippen LogP contribution is 2.56. The highest BCUT2D eigenvalue weighted by atomic mass is 14.7. The van der Waals surface area contributed by atoms with E-state index in [0.29, 0.717) is 6.54 Å². The van der Waals surface area contributed by atoms with Gasteiger partial charge in [0, 0.05) is 0 Å². The van der Waals surface area contributed by atoms with Gasteiger partial charge >= 0.3 is 0 Å². The van der Waals surface area contributed by atoms with Crippen molar-refractivity contribution in [2.75, 3.05) is 6.54 Å². The molecule has 2 aliphatic carbocycles. The first-order valence-corrected chi connectivity index (χ1v) is 4.75. The zero-order valence-corrected chi connectivity index (χ0v) is 7.05. The largest absolute Gasteiger partial charge is 0.330 e. The lowest BCUT2D eigenvalue weighted by molar-refractivity contribution is -0.0281. The van der Waals surface area contributed by atoms with E-state index in [-0.39, 0.29) is 5.41 Å². The van der Waals surface area contributed by atoms with Crippen LogP contribution in [-0.4, -0.2) is 6.54 Å². The van der Waals surface area contributed by atoms with Gasteiger partial charge < -0.3 is 5.73 Å². The van der Waals surface area contributed by atoms with Gasteiger partial charge in [0.05, 0.1) is 0 Å². The average Bonchev–Trinajstić information content (AvgIpc) is 2.02. The minimum Gasteiger partial charge on any atom is -0.330 e. The fourth-order valence-corrected chi connectivity index (χ4v) is 2.92. The molecular weight excluding hydrogens is 134 g/mol. The molecule has 0 aromatic rings. The lowest BCUT2D eigenvalue weighted by atomic mass is 9.50. The molecule has 0 spiro atoms. The van der Waals surface area contributed by atoms with Crippen LogP contribution in [0.1, 0.15) is 32.1 Å². The van der Waals surface area contributed by atoms with Crippen molar-refractivity contribution in [3.05, 3.63) is 6.92 Å². The number of rotatable bonds is 1. The summed E-state index contributed by atoms with van der Waals surface area (Å²) in [6.45, 7) is 6.82. The molecule has 1 heteroatoms. The van der Waals surface area contributed by atoms with Gasteiger partial charge in [-0.3, -0.25) is 0 Å². The first-order valence-electron chi connectivity index (χ1n) is 4.75. The van der Waals surface area contributed by atoms with E-state index < -0.39 is 0 Å². The minimum absolute atomic E-state index is 0.0328. The molecule has 0 heterocycles. The van der Waals surface area contributed by atoms with Gasteiger partial charge in [-0.2, -0.15) is 0 Å². The maximum atomic E-state index is 6.13. The Morgan fingerprint density at radius 3 is 2.73 bits per heavy atom. The monoisotopic (exact) mass is 151 g/mol. The summed E-state index contributed by atoms with van der Waals surface area (Å²) in [6, 6.07) is 0. The van der Waals surface area contributed by atoms with Crippen LogP contribution in [0.25, 0.3) is 0 Å². The molecule has 2 N–H and O–H groups in total. The fraction of sp³-hybridized carbons (Fsp3) is 0.900. The van der Waals surface area contributed by atoms with Crippen LogP contribution in [0.4, 0.5) is 0 Å². The van der Waals surface area contributed by atoms with E-state index in [1.807, 2.05) is 0 Å². The van der Waals surface area contributed by atoms with E-state index in [2.05, 4.69) is 0 Å². The number of hydrogen-bond donors (Lipinski definition) is 1. The second-order valence-electron chi connectivity index (χ2n) is 4.29. The quantitative estimate of drug-likeness (QED) is 0.608. The van der Waals surface area contributed by atoms with Crippen LogP contribution in [0, 0.1) is 24.2 Å². The molecule has 62 valence electrons. The fourth-order valence-electron chi connectivity index (χ4n) is 2.92. The van der Waals surface area contributed by atoms with Crippen LogP contribution in [0.15, 0.2) is 0 Å². The lowest BCUT2D eigenvalue weighted by Gasteiger charge is -2.55. The van der Waals surface area contributed by atoms with E-state index in [4.69, 9.17) is 12.7 Å². The van der Waals surface area contributed by atoms with Crippen molar-refractivity contribution in [2.24, 2.45) is 23.0 Å². The van der Waals surface area contributed by atoms with Crippen LogP contribution < -0.4 is 5.73 Å². The molecule has 0 aromatic carbocycles. The van der Waals surface area contributed by atoms with Gasteiger partial charge in [0.15, 0.2) is 0 Å². The van der Waals surface area contributed by atoms with Crippen LogP contribution in [0.3, 0.4) is 0 Å². The Morgan fingerprint density at radius 2 is 2.09 bits per heavy atom. The Balaban J connectivity index is 2.00. The number of fused-ring (bicyclic) bond motifs is 1. The topological polar surface area (TPSA) is 26.0 Å². The van der Waals surface area contributed by atoms with E-state index in [1.54, 1.807) is 0 Å². The maximum Gasteiger partial charge on any atom is -0.00148 e. The Kier molecular flexibility index (Phi) is 1.71. The molecule has 0 aliphatic heterocycles. The third-order valence-corrected chi connectivity index (χ3v) is 3.67. The lowest BCUT2D eigenvalue weighted by Crippen LogP contribution is -2.51. The SMILES string of the molecule is [CH][C@@]1(CN)C[C@@H]2CCCC[C@@H]21. The molecule has 0 amide bonds. The summed E-state index contributed by atoms with van der Waals surface area (Å²) in [6.07, 6.45) is 6.72. The summed E-state index contributed by atoms with van der Waals surface area (Å²) < 4.78 is 0. The number of nitrogens with two attached hydrogens (primary N) is 1. The van der Waals surface area contributed by atoms with Crippen molar-refractivity contribution < 1.29 is 0 Å². The summed E-state index contributed by atoms with van der Waals surface area (Å²) >= 11 is 0. The van der Waals surface area contributed by atoms with Crippen molar-refractivity contribution in [1.29, 1.82) is 0 Å². The van der Waals surface area contributed by atoms with Gasteiger partial charge in [-0.05, 0) is 43.6 Å². The molecule has 3 atom stereocenters. The summed E-state index contributed by atoms with van der Waals surface area (Å²) in [4.78, 5) is 0. The van der Waals surface area contributed by atoms with E-state index >= 15 is 0 Å². The van der Waals surface area contributed by atoms with Crippen LogP contribution in [0.5, 0.6) is 0 Å². The van der Waals surface area contributed by atoms with E-state index in [0.717, 1.165) is 11.8 Å². The Bertz CT molecular complexity index is 155. The molecular formula is C10H17N. The predicted molar refractivity (Wildman–Crippen MR) is 45.9 cm³/mol. The Morgan fingerprint density at radius 1 is 1.36 bits per heavy atom. The van der Waals surface area contributed by atoms with Crippen LogP contribution in [-0.2, 0) is 0 Å². The summed E-state index contributed by atoms with van der Waals surface area (Å²) in [7, 11) is 0. The molecule has 1 nitrogen and oxygen atoms in total. The average molecular weight is 151 g/mol. The normalized spacial score (nSPS) is 49.6. The van der Waals surface area contributed by atoms with Gasteiger partial charge in [0.25, 0.3) is 0 Å². The van der Waals surface area contributed by atoms with Crippen molar-refractivity contribution in [3.8, 4) is 0 Å². The van der Waals surface area contributed by atoms with E-state index in [1.165, 1.54) is 32.1 Å². The molecule has 0 bridgehead atoms. The summed E-state index contributed by atoms with van der Waals surface area (Å²) in [5.74, 6) is 1.69. The summed E-state index contributed by atoms with van der Waals surface area (Å²) in [5, 5.41) is 0. The van der Waals surface area contributed by atoms with Gasteiger partial charge in [-0.15, -0.1) is 0 Å². The molecule has 2 aliphatic rings. The molecule has 0 aromatic heterocycles. The molecule has 2 radical (unpaired) electrons. The smallest absolute Gasteiger partial charge is 0.00148 e. The standard InChI is InChI=1S/C10H17N/c1-10(7-11)6-8-4-2-3-5-9(8)10/h1,8-9H,2-7,11H2/t8-,9-,10-/m0/s1. The second kappa shape index (κ2) is 2.48. The van der Waals surface area contributed by atoms with Crippen LogP contribution in [0.2, 0.25) is 0 Å². The van der Waals surface area contributed by atoms with Gasteiger partial charge in [-0.1, -0.05) is 19.3 Å². The Labute approximate surface area is 69.4 Å². The molecule has 2 fully saturated rings. The zero-order valence-electron chi connectivity index (χ0n) is 7.05. The molecule has 2 saturated carbocycles. The Hall–Kier alpha value is -0.0400.